The monoisotopic (exact) mass is 518 g/mol. The quantitative estimate of drug-likeness (QED) is 0.371. The molecular weight excluding hydrogens is 480 g/mol. The van der Waals surface area contributed by atoms with E-state index in [0.717, 1.165) is 38.2 Å². The van der Waals surface area contributed by atoms with Crippen molar-refractivity contribution in [2.75, 3.05) is 33.2 Å². The maximum Gasteiger partial charge on any atom is 0.226 e. The number of hydrogen-bond acceptors (Lipinski definition) is 5. The van der Waals surface area contributed by atoms with E-state index < -0.39 is 0 Å². The lowest BCUT2D eigenvalue weighted by Crippen LogP contribution is -2.38. The highest BCUT2D eigenvalue weighted by atomic mass is 32.1. The first-order valence-corrected chi connectivity index (χ1v) is 14.5. The number of pyridine rings is 1. The number of aromatic amines is 1. The van der Waals surface area contributed by atoms with E-state index in [2.05, 4.69) is 60.8 Å². The molecule has 0 saturated carbocycles. The van der Waals surface area contributed by atoms with Crippen molar-refractivity contribution in [2.45, 2.75) is 65.7 Å². The molecule has 2 aliphatic heterocycles. The molecule has 2 saturated heterocycles. The van der Waals surface area contributed by atoms with E-state index in [9.17, 15) is 4.79 Å². The average molecular weight is 519 g/mol. The molecule has 8 heteroatoms. The zero-order valence-electron chi connectivity index (χ0n) is 22.9. The third kappa shape index (κ3) is 4.00. The highest BCUT2D eigenvalue weighted by Crippen LogP contribution is 2.46. The molecule has 1 unspecified atom stereocenters. The first-order chi connectivity index (χ1) is 17.7. The van der Waals surface area contributed by atoms with Crippen molar-refractivity contribution in [1.82, 2.24) is 29.4 Å². The Morgan fingerprint density at radius 2 is 1.84 bits per heavy atom. The van der Waals surface area contributed by atoms with Crippen LogP contribution in [0.5, 0.6) is 0 Å². The molecule has 1 amide bonds. The van der Waals surface area contributed by atoms with Gasteiger partial charge in [0.1, 0.15) is 11.2 Å². The molecule has 196 valence electrons. The van der Waals surface area contributed by atoms with Crippen molar-refractivity contribution in [1.29, 1.82) is 0 Å². The number of amides is 1. The number of aryl methyl sites for hydroxylation is 2. The molecule has 0 bridgehead atoms. The zero-order valence-corrected chi connectivity index (χ0v) is 23.7. The largest absolute Gasteiger partial charge is 0.346 e. The first-order valence-electron chi connectivity index (χ1n) is 13.7. The highest BCUT2D eigenvalue weighted by molar-refractivity contribution is 7.19. The molecule has 4 aromatic heterocycles. The Labute approximate surface area is 222 Å². The first kappa shape index (κ1) is 24.6. The minimum atomic E-state index is 0.194. The number of carbonyl (C=O) groups is 1. The van der Waals surface area contributed by atoms with E-state index >= 15 is 0 Å². The number of nitrogens with zero attached hydrogens (tertiary/aromatic N) is 5. The maximum atomic E-state index is 12.4. The topological polar surface area (TPSA) is 69.5 Å². The minimum Gasteiger partial charge on any atom is -0.346 e. The summed E-state index contributed by atoms with van der Waals surface area (Å²) in [5.74, 6) is 1.53. The predicted octanol–water partition coefficient (Wildman–Crippen LogP) is 5.65. The molecule has 0 aromatic carbocycles. The summed E-state index contributed by atoms with van der Waals surface area (Å²) in [6, 6.07) is 0. The predicted molar refractivity (Wildman–Crippen MR) is 151 cm³/mol. The van der Waals surface area contributed by atoms with E-state index in [0.29, 0.717) is 17.7 Å². The fourth-order valence-corrected chi connectivity index (χ4v) is 8.03. The average Bonchev–Trinajstić information content (AvgIpc) is 3.64. The van der Waals surface area contributed by atoms with Crippen molar-refractivity contribution in [3.8, 4) is 11.3 Å². The van der Waals surface area contributed by atoms with Crippen molar-refractivity contribution >= 4 is 33.1 Å². The summed E-state index contributed by atoms with van der Waals surface area (Å²) in [7, 11) is 1.93. The second-order valence-electron chi connectivity index (χ2n) is 11.5. The molecule has 1 atom stereocenters. The zero-order chi connectivity index (χ0) is 26.0. The number of hydrogen-bond donors (Lipinski definition) is 1. The molecule has 2 fully saturated rings. The SMILES string of the molecule is Cc1c(-c2[nH]c3sc(C4CCN(CC5CCN(C)C5=O)CC4)c(C)c3c2C(C)C)cn2ncnc2c1C. The smallest absolute Gasteiger partial charge is 0.226 e. The molecule has 6 rings (SSSR count). The summed E-state index contributed by atoms with van der Waals surface area (Å²) in [6.45, 7) is 15.3. The summed E-state index contributed by atoms with van der Waals surface area (Å²) in [6.07, 6.45) is 7.11. The normalized spacial score (nSPS) is 19.9. The molecule has 0 radical (unpaired) electrons. The van der Waals surface area contributed by atoms with Crippen molar-refractivity contribution in [2.24, 2.45) is 5.92 Å². The van der Waals surface area contributed by atoms with Gasteiger partial charge < -0.3 is 14.8 Å². The molecule has 2 aliphatic rings. The van der Waals surface area contributed by atoms with E-state index in [1.54, 1.807) is 11.2 Å². The summed E-state index contributed by atoms with van der Waals surface area (Å²) in [5.41, 5.74) is 8.67. The molecule has 6 heterocycles. The van der Waals surface area contributed by atoms with E-state index in [1.165, 1.54) is 56.6 Å². The van der Waals surface area contributed by atoms with E-state index in [4.69, 9.17) is 0 Å². The van der Waals surface area contributed by atoms with Gasteiger partial charge in [0.25, 0.3) is 0 Å². The van der Waals surface area contributed by atoms with Crippen LogP contribution in [0.4, 0.5) is 0 Å². The molecule has 7 nitrogen and oxygen atoms in total. The Balaban J connectivity index is 1.29. The fraction of sp³-hybridized carbons (Fsp3) is 0.552. The van der Waals surface area contributed by atoms with Gasteiger partial charge in [-0.25, -0.2) is 9.50 Å². The van der Waals surface area contributed by atoms with Crippen LogP contribution in [-0.4, -0.2) is 68.5 Å². The number of piperidine rings is 1. The molecule has 1 N–H and O–H groups in total. The van der Waals surface area contributed by atoms with Gasteiger partial charge in [0, 0.05) is 42.2 Å². The van der Waals surface area contributed by atoms with Crippen LogP contribution in [0.1, 0.15) is 72.1 Å². The lowest BCUT2D eigenvalue weighted by molar-refractivity contribution is -0.130. The van der Waals surface area contributed by atoms with E-state index in [-0.39, 0.29) is 5.92 Å². The fourth-order valence-electron chi connectivity index (χ4n) is 6.64. The van der Waals surface area contributed by atoms with Crippen LogP contribution in [0.25, 0.3) is 27.1 Å². The van der Waals surface area contributed by atoms with Crippen LogP contribution in [0.15, 0.2) is 12.5 Å². The minimum absolute atomic E-state index is 0.194. The van der Waals surface area contributed by atoms with Gasteiger partial charge in [-0.05, 0) is 87.2 Å². The third-order valence-corrected chi connectivity index (χ3v) is 10.3. The van der Waals surface area contributed by atoms with Crippen LogP contribution in [-0.2, 0) is 4.79 Å². The van der Waals surface area contributed by atoms with Crippen molar-refractivity contribution in [3.05, 3.63) is 39.7 Å². The van der Waals surface area contributed by atoms with Crippen LogP contribution in [0, 0.1) is 26.7 Å². The standard InChI is InChI=1S/C29H38N6OS/c1-16(2)23-24-19(5)26(20-8-11-34(12-9-20)13-21-7-10-33(6)29(21)36)37-28(24)32-25(23)22-14-35-27(30-15-31-35)18(4)17(22)3/h14-16,20-21,32H,7-13H2,1-6H3. The number of H-pyrrole nitrogens is 1. The molecular formula is C29H38N6OS. The summed E-state index contributed by atoms with van der Waals surface area (Å²) >= 11 is 1.96. The molecule has 0 spiro atoms. The van der Waals surface area contributed by atoms with Gasteiger partial charge >= 0.3 is 0 Å². The number of likely N-dealkylation sites (tertiary alicyclic amines) is 2. The number of carbonyl (C=O) groups excluding carboxylic acids is 1. The van der Waals surface area contributed by atoms with Crippen LogP contribution in [0.2, 0.25) is 0 Å². The third-order valence-electron chi connectivity index (χ3n) is 8.91. The number of fused-ring (bicyclic) bond motifs is 2. The van der Waals surface area contributed by atoms with Crippen LogP contribution < -0.4 is 0 Å². The Hall–Kier alpha value is -2.71. The number of thiophene rings is 1. The number of aromatic nitrogens is 4. The number of rotatable bonds is 5. The van der Waals surface area contributed by atoms with Gasteiger partial charge in [-0.1, -0.05) is 13.8 Å². The molecule has 0 aliphatic carbocycles. The lowest BCUT2D eigenvalue weighted by Gasteiger charge is -2.33. The van der Waals surface area contributed by atoms with Gasteiger partial charge in [-0.3, -0.25) is 4.79 Å². The van der Waals surface area contributed by atoms with Crippen molar-refractivity contribution < 1.29 is 4.79 Å². The lowest BCUT2D eigenvalue weighted by atomic mass is 9.89. The van der Waals surface area contributed by atoms with Gasteiger partial charge in [0.2, 0.25) is 5.91 Å². The second-order valence-corrected chi connectivity index (χ2v) is 12.6. The second kappa shape index (κ2) is 9.24. The number of nitrogens with one attached hydrogen (secondary N) is 1. The Morgan fingerprint density at radius 1 is 1.08 bits per heavy atom. The summed E-state index contributed by atoms with van der Waals surface area (Å²) in [5, 5.41) is 5.85. The Kier molecular flexibility index (Phi) is 6.15. The summed E-state index contributed by atoms with van der Waals surface area (Å²) in [4.78, 5) is 27.9. The van der Waals surface area contributed by atoms with Gasteiger partial charge in [-0.2, -0.15) is 5.10 Å². The van der Waals surface area contributed by atoms with Gasteiger partial charge in [-0.15, -0.1) is 11.3 Å². The van der Waals surface area contributed by atoms with Gasteiger partial charge in [0.05, 0.1) is 11.6 Å². The van der Waals surface area contributed by atoms with Crippen LogP contribution in [0.3, 0.4) is 0 Å². The summed E-state index contributed by atoms with van der Waals surface area (Å²) < 4.78 is 1.90. The molecule has 4 aromatic rings. The Morgan fingerprint density at radius 3 is 2.51 bits per heavy atom. The van der Waals surface area contributed by atoms with E-state index in [1.807, 2.05) is 27.8 Å². The van der Waals surface area contributed by atoms with Crippen LogP contribution >= 0.6 is 11.3 Å². The Bertz CT molecular complexity index is 1490. The van der Waals surface area contributed by atoms with Gasteiger partial charge in [0.15, 0.2) is 5.65 Å². The maximum absolute atomic E-state index is 12.4. The van der Waals surface area contributed by atoms with Crippen molar-refractivity contribution in [3.63, 3.8) is 0 Å². The molecule has 37 heavy (non-hydrogen) atoms. The highest BCUT2D eigenvalue weighted by Gasteiger charge is 2.33.